The summed E-state index contributed by atoms with van der Waals surface area (Å²) in [5.74, 6) is -0.699. The molecule has 0 aromatic heterocycles. The van der Waals surface area contributed by atoms with Gasteiger partial charge in [0, 0.05) is 31.0 Å². The minimum absolute atomic E-state index is 0.0710. The number of ether oxygens (including phenoxy) is 1. The lowest BCUT2D eigenvalue weighted by Gasteiger charge is -2.39. The van der Waals surface area contributed by atoms with Crippen LogP contribution in [0.2, 0.25) is 0 Å². The van der Waals surface area contributed by atoms with E-state index in [4.69, 9.17) is 4.74 Å². The molecule has 160 valence electrons. The van der Waals surface area contributed by atoms with E-state index in [2.05, 4.69) is 5.32 Å². The van der Waals surface area contributed by atoms with Gasteiger partial charge in [0.1, 0.15) is 11.4 Å². The molecule has 1 aromatic rings. The number of ketones is 1. The highest BCUT2D eigenvalue weighted by Gasteiger charge is 2.32. The number of halogens is 1. The summed E-state index contributed by atoms with van der Waals surface area (Å²) in [6.45, 7) is 7.86. The topological polar surface area (TPSA) is 75.7 Å². The van der Waals surface area contributed by atoms with Crippen LogP contribution in [0, 0.1) is 5.82 Å². The standard InChI is InChI=1S/C22H31FN2O4/c1-15(24-21(28)29-22(2,3)4)18-7-5-6-14-25(18)20(27)13-12-19(26)16-8-10-17(23)11-9-16/h8-11,15,18H,5-7,12-14H2,1-4H3,(H,24,28)/t15-,18-/m0/s1. The predicted molar refractivity (Wildman–Crippen MR) is 108 cm³/mol. The summed E-state index contributed by atoms with van der Waals surface area (Å²) >= 11 is 0. The number of benzene rings is 1. The molecule has 2 amide bonds. The molecule has 0 radical (unpaired) electrons. The van der Waals surface area contributed by atoms with E-state index in [9.17, 15) is 18.8 Å². The molecular weight excluding hydrogens is 375 g/mol. The van der Waals surface area contributed by atoms with Crippen molar-refractivity contribution in [1.82, 2.24) is 10.2 Å². The predicted octanol–water partition coefficient (Wildman–Crippen LogP) is 4.08. The fourth-order valence-corrected chi connectivity index (χ4v) is 3.52. The highest BCUT2D eigenvalue weighted by atomic mass is 19.1. The number of carbonyl (C=O) groups excluding carboxylic acids is 3. The van der Waals surface area contributed by atoms with Crippen molar-refractivity contribution in [1.29, 1.82) is 0 Å². The first-order valence-electron chi connectivity index (χ1n) is 10.1. The maximum absolute atomic E-state index is 13.0. The van der Waals surface area contributed by atoms with Crippen LogP contribution in [0.3, 0.4) is 0 Å². The molecule has 6 nitrogen and oxygen atoms in total. The maximum atomic E-state index is 13.0. The smallest absolute Gasteiger partial charge is 0.407 e. The van der Waals surface area contributed by atoms with Crippen molar-refractivity contribution in [3.63, 3.8) is 0 Å². The molecule has 1 N–H and O–H groups in total. The van der Waals surface area contributed by atoms with Gasteiger partial charge in [-0.2, -0.15) is 0 Å². The molecule has 0 bridgehead atoms. The molecule has 1 aliphatic heterocycles. The lowest BCUT2D eigenvalue weighted by molar-refractivity contribution is -0.135. The van der Waals surface area contributed by atoms with E-state index in [0.717, 1.165) is 19.3 Å². The van der Waals surface area contributed by atoms with Gasteiger partial charge in [-0.05, 0) is 71.2 Å². The van der Waals surface area contributed by atoms with Gasteiger partial charge in [0.15, 0.2) is 5.78 Å². The van der Waals surface area contributed by atoms with Gasteiger partial charge in [-0.15, -0.1) is 0 Å². The lowest BCUT2D eigenvalue weighted by atomic mass is 9.95. The van der Waals surface area contributed by atoms with Gasteiger partial charge in [0.25, 0.3) is 0 Å². The highest BCUT2D eigenvalue weighted by Crippen LogP contribution is 2.22. The Bertz CT molecular complexity index is 727. The molecule has 2 atom stereocenters. The Morgan fingerprint density at radius 1 is 1.17 bits per heavy atom. The van der Waals surface area contributed by atoms with Crippen LogP contribution >= 0.6 is 0 Å². The zero-order valence-corrected chi connectivity index (χ0v) is 17.7. The van der Waals surface area contributed by atoms with Gasteiger partial charge in [-0.3, -0.25) is 9.59 Å². The fraction of sp³-hybridized carbons (Fsp3) is 0.591. The molecule has 2 rings (SSSR count). The Kier molecular flexibility index (Phi) is 7.76. The Morgan fingerprint density at radius 2 is 1.83 bits per heavy atom. The molecule has 1 aliphatic rings. The van der Waals surface area contributed by atoms with E-state index in [0.29, 0.717) is 12.1 Å². The number of rotatable bonds is 6. The first-order chi connectivity index (χ1) is 13.6. The third-order valence-corrected chi connectivity index (χ3v) is 4.92. The minimum Gasteiger partial charge on any atom is -0.444 e. The van der Waals surface area contributed by atoms with Gasteiger partial charge in [0.05, 0.1) is 6.04 Å². The number of nitrogens with one attached hydrogen (secondary N) is 1. The number of nitrogens with zero attached hydrogens (tertiary/aromatic N) is 1. The monoisotopic (exact) mass is 406 g/mol. The third kappa shape index (κ3) is 7.15. The third-order valence-electron chi connectivity index (χ3n) is 4.92. The number of carbonyl (C=O) groups is 3. The van der Waals surface area contributed by atoms with E-state index < -0.39 is 17.5 Å². The Hall–Kier alpha value is -2.44. The average molecular weight is 406 g/mol. The minimum atomic E-state index is -0.591. The zero-order chi connectivity index (χ0) is 21.6. The van der Waals surface area contributed by atoms with Gasteiger partial charge >= 0.3 is 6.09 Å². The largest absolute Gasteiger partial charge is 0.444 e. The van der Waals surface area contributed by atoms with Crippen LogP contribution in [-0.2, 0) is 9.53 Å². The Balaban J connectivity index is 1.93. The van der Waals surface area contributed by atoms with Crippen LogP contribution in [0.25, 0.3) is 0 Å². The van der Waals surface area contributed by atoms with E-state index in [1.165, 1.54) is 24.3 Å². The summed E-state index contributed by atoms with van der Waals surface area (Å²) in [6.07, 6.45) is 2.31. The Morgan fingerprint density at radius 3 is 2.45 bits per heavy atom. The summed E-state index contributed by atoms with van der Waals surface area (Å²) in [6, 6.07) is 4.93. The number of piperidine rings is 1. The molecule has 7 heteroatoms. The summed E-state index contributed by atoms with van der Waals surface area (Å²) in [5.41, 5.74) is -0.193. The van der Waals surface area contributed by atoms with E-state index in [1.54, 1.807) is 25.7 Å². The van der Waals surface area contributed by atoms with Crippen LogP contribution < -0.4 is 5.32 Å². The van der Waals surface area contributed by atoms with Crippen LogP contribution in [0.1, 0.15) is 70.2 Å². The first kappa shape index (κ1) is 22.8. The van der Waals surface area contributed by atoms with E-state index in [1.807, 2.05) is 6.92 Å². The van der Waals surface area contributed by atoms with Crippen molar-refractivity contribution >= 4 is 17.8 Å². The summed E-state index contributed by atoms with van der Waals surface area (Å²) < 4.78 is 18.3. The lowest BCUT2D eigenvalue weighted by Crippen LogP contribution is -2.54. The molecule has 0 aliphatic carbocycles. The van der Waals surface area contributed by atoms with Crippen molar-refractivity contribution < 1.29 is 23.5 Å². The van der Waals surface area contributed by atoms with Gasteiger partial charge in [-0.1, -0.05) is 0 Å². The van der Waals surface area contributed by atoms with Crippen LogP contribution in [0.4, 0.5) is 9.18 Å². The summed E-state index contributed by atoms with van der Waals surface area (Å²) in [4.78, 5) is 38.9. The molecule has 0 saturated carbocycles. The molecular formula is C22H31FN2O4. The van der Waals surface area contributed by atoms with Crippen LogP contribution in [-0.4, -0.2) is 46.9 Å². The number of alkyl carbamates (subject to hydrolysis) is 1. The SMILES string of the molecule is C[C@H](NC(=O)OC(C)(C)C)[C@@H]1CCCCN1C(=O)CCC(=O)c1ccc(F)cc1. The second-order valence-corrected chi connectivity index (χ2v) is 8.52. The van der Waals surface area contributed by atoms with Crippen molar-refractivity contribution in [3.8, 4) is 0 Å². The van der Waals surface area contributed by atoms with Crippen molar-refractivity contribution in [2.24, 2.45) is 0 Å². The molecule has 1 aromatic carbocycles. The maximum Gasteiger partial charge on any atom is 0.407 e. The molecule has 1 heterocycles. The normalized spacial score (nSPS) is 18.1. The number of hydrogen-bond acceptors (Lipinski definition) is 4. The van der Waals surface area contributed by atoms with E-state index >= 15 is 0 Å². The average Bonchev–Trinajstić information content (AvgIpc) is 2.64. The molecule has 29 heavy (non-hydrogen) atoms. The second kappa shape index (κ2) is 9.85. The number of likely N-dealkylation sites (tertiary alicyclic amines) is 1. The highest BCUT2D eigenvalue weighted by molar-refractivity contribution is 5.97. The summed E-state index contributed by atoms with van der Waals surface area (Å²) in [5, 5.41) is 2.83. The van der Waals surface area contributed by atoms with Crippen LogP contribution in [0.15, 0.2) is 24.3 Å². The summed E-state index contributed by atoms with van der Waals surface area (Å²) in [7, 11) is 0. The van der Waals surface area contributed by atoms with Crippen LogP contribution in [0.5, 0.6) is 0 Å². The van der Waals surface area contributed by atoms with Crippen molar-refractivity contribution in [3.05, 3.63) is 35.6 Å². The van der Waals surface area contributed by atoms with E-state index in [-0.39, 0.29) is 36.6 Å². The number of hydrogen-bond donors (Lipinski definition) is 1. The molecule has 0 spiro atoms. The van der Waals surface area contributed by atoms with Crippen molar-refractivity contribution in [2.45, 2.75) is 77.5 Å². The first-order valence-corrected chi connectivity index (χ1v) is 10.1. The number of Topliss-reactive ketones (excluding diaryl/α,β-unsaturated/α-hetero) is 1. The molecule has 0 unspecified atom stereocenters. The quantitative estimate of drug-likeness (QED) is 0.722. The second-order valence-electron chi connectivity index (χ2n) is 8.52. The molecule has 1 saturated heterocycles. The van der Waals surface area contributed by atoms with Gasteiger partial charge in [-0.25, -0.2) is 9.18 Å². The zero-order valence-electron chi connectivity index (χ0n) is 17.7. The van der Waals surface area contributed by atoms with Gasteiger partial charge < -0.3 is 15.0 Å². The fourth-order valence-electron chi connectivity index (χ4n) is 3.52. The van der Waals surface area contributed by atoms with Crippen molar-refractivity contribution in [2.75, 3.05) is 6.54 Å². The molecule has 1 fully saturated rings. The number of amides is 2. The Labute approximate surface area is 171 Å². The van der Waals surface area contributed by atoms with Gasteiger partial charge in [0.2, 0.25) is 5.91 Å².